The normalized spacial score (nSPS) is 15.8. The Morgan fingerprint density at radius 1 is 1.15 bits per heavy atom. The summed E-state index contributed by atoms with van der Waals surface area (Å²) in [7, 11) is -1.87. The average molecular weight is 390 g/mol. The van der Waals surface area contributed by atoms with Crippen molar-refractivity contribution in [3.63, 3.8) is 0 Å². The molecule has 0 spiro atoms. The van der Waals surface area contributed by atoms with Crippen LogP contribution in [0.1, 0.15) is 12.8 Å². The largest absolute Gasteiger partial charge is 0.494 e. The lowest BCUT2D eigenvalue weighted by molar-refractivity contribution is -0.118. The van der Waals surface area contributed by atoms with Gasteiger partial charge in [-0.1, -0.05) is 18.2 Å². The van der Waals surface area contributed by atoms with E-state index < -0.39 is 10.0 Å². The maximum absolute atomic E-state index is 12.3. The number of ether oxygens (including phenoxy) is 2. The van der Waals surface area contributed by atoms with Gasteiger partial charge in [0.1, 0.15) is 11.5 Å². The van der Waals surface area contributed by atoms with Crippen molar-refractivity contribution in [3.05, 3.63) is 48.5 Å². The first kappa shape index (κ1) is 19.0. The molecule has 2 aromatic carbocycles. The molecule has 144 valence electrons. The molecule has 0 atom stereocenters. The standard InChI is InChI=1S/C19H22N2O5S/c1-25-18-13-15(20-19(22)14-26-16-7-3-2-4-8-16)9-10-17(18)21-11-5-6-12-27(21,23)24/h2-4,7-10,13H,5-6,11-12,14H2,1H3,(H,20,22). The quantitative estimate of drug-likeness (QED) is 0.820. The Balaban J connectivity index is 1.69. The van der Waals surface area contributed by atoms with E-state index in [0.717, 1.165) is 6.42 Å². The highest BCUT2D eigenvalue weighted by atomic mass is 32.2. The van der Waals surface area contributed by atoms with Crippen molar-refractivity contribution in [3.8, 4) is 11.5 Å². The SMILES string of the molecule is COc1cc(NC(=O)COc2ccccc2)ccc1N1CCCCS1(=O)=O. The number of nitrogens with zero attached hydrogens (tertiary/aromatic N) is 1. The third-order valence-corrected chi connectivity index (χ3v) is 6.05. The van der Waals surface area contributed by atoms with Gasteiger partial charge in [-0.05, 0) is 37.1 Å². The van der Waals surface area contributed by atoms with E-state index in [1.54, 1.807) is 30.3 Å². The van der Waals surface area contributed by atoms with Crippen molar-refractivity contribution in [1.82, 2.24) is 0 Å². The molecule has 1 saturated heterocycles. The number of carbonyl (C=O) groups is 1. The minimum absolute atomic E-state index is 0.130. The molecule has 0 saturated carbocycles. The number of nitrogens with one attached hydrogen (secondary N) is 1. The summed E-state index contributed by atoms with van der Waals surface area (Å²) in [5.41, 5.74) is 0.988. The summed E-state index contributed by atoms with van der Waals surface area (Å²) in [5, 5.41) is 2.73. The Hall–Kier alpha value is -2.74. The summed E-state index contributed by atoms with van der Waals surface area (Å²) in [5.74, 6) is 0.809. The van der Waals surface area contributed by atoms with Gasteiger partial charge >= 0.3 is 0 Å². The van der Waals surface area contributed by atoms with Gasteiger partial charge in [0, 0.05) is 18.3 Å². The molecule has 0 radical (unpaired) electrons. The van der Waals surface area contributed by atoms with Crippen molar-refractivity contribution in [2.45, 2.75) is 12.8 Å². The van der Waals surface area contributed by atoms with Gasteiger partial charge in [0.05, 0.1) is 18.6 Å². The second-order valence-electron chi connectivity index (χ2n) is 6.13. The monoisotopic (exact) mass is 390 g/mol. The van der Waals surface area contributed by atoms with E-state index in [9.17, 15) is 13.2 Å². The zero-order valence-corrected chi connectivity index (χ0v) is 15.9. The Bertz CT molecular complexity index is 900. The van der Waals surface area contributed by atoms with Crippen molar-refractivity contribution in [2.75, 3.05) is 35.6 Å². The number of methoxy groups -OCH3 is 1. The summed E-state index contributed by atoms with van der Waals surface area (Å²) >= 11 is 0. The van der Waals surface area contributed by atoms with Crippen LogP contribution in [0.3, 0.4) is 0 Å². The van der Waals surface area contributed by atoms with Crippen LogP contribution >= 0.6 is 0 Å². The van der Waals surface area contributed by atoms with Gasteiger partial charge in [-0.3, -0.25) is 9.10 Å². The first-order chi connectivity index (χ1) is 13.0. The molecular formula is C19H22N2O5S. The highest BCUT2D eigenvalue weighted by Gasteiger charge is 2.28. The fraction of sp³-hybridized carbons (Fsp3) is 0.316. The number of carbonyl (C=O) groups excluding carboxylic acids is 1. The molecule has 0 unspecified atom stereocenters. The second kappa shape index (κ2) is 8.30. The highest BCUT2D eigenvalue weighted by molar-refractivity contribution is 7.92. The van der Waals surface area contributed by atoms with E-state index >= 15 is 0 Å². The molecule has 1 aliphatic rings. The Kier molecular flexibility index (Phi) is 5.85. The van der Waals surface area contributed by atoms with Crippen molar-refractivity contribution in [1.29, 1.82) is 0 Å². The number of sulfonamides is 1. The fourth-order valence-corrected chi connectivity index (χ4v) is 4.53. The van der Waals surface area contributed by atoms with Gasteiger partial charge in [0.15, 0.2) is 6.61 Å². The molecule has 27 heavy (non-hydrogen) atoms. The molecule has 0 bridgehead atoms. The van der Waals surface area contributed by atoms with Crippen LogP contribution in [0.25, 0.3) is 0 Å². The lowest BCUT2D eigenvalue weighted by Gasteiger charge is -2.29. The minimum atomic E-state index is -3.34. The summed E-state index contributed by atoms with van der Waals surface area (Å²) in [6.45, 7) is 0.296. The number of para-hydroxylation sites is 1. The lowest BCUT2D eigenvalue weighted by Crippen LogP contribution is -2.38. The van der Waals surface area contributed by atoms with Gasteiger partial charge in [-0.2, -0.15) is 0 Å². The van der Waals surface area contributed by atoms with Gasteiger partial charge in [-0.15, -0.1) is 0 Å². The number of hydrogen-bond acceptors (Lipinski definition) is 5. The molecule has 1 amide bonds. The molecule has 7 nitrogen and oxygen atoms in total. The van der Waals surface area contributed by atoms with E-state index in [-0.39, 0.29) is 18.3 Å². The zero-order valence-electron chi connectivity index (χ0n) is 15.1. The third-order valence-electron chi connectivity index (χ3n) is 4.19. The smallest absolute Gasteiger partial charge is 0.262 e. The fourth-order valence-electron chi connectivity index (χ4n) is 2.88. The number of hydrogen-bond donors (Lipinski definition) is 1. The van der Waals surface area contributed by atoms with Crippen LogP contribution in [-0.2, 0) is 14.8 Å². The number of amides is 1. The van der Waals surface area contributed by atoms with E-state index in [1.165, 1.54) is 11.4 Å². The molecule has 1 aliphatic heterocycles. The molecule has 1 heterocycles. The Morgan fingerprint density at radius 2 is 1.93 bits per heavy atom. The third kappa shape index (κ3) is 4.71. The predicted octanol–water partition coefficient (Wildman–Crippen LogP) is 2.64. The second-order valence-corrected chi connectivity index (χ2v) is 8.14. The maximum atomic E-state index is 12.3. The van der Waals surface area contributed by atoms with Gasteiger partial charge in [0.2, 0.25) is 10.0 Å². The van der Waals surface area contributed by atoms with Crippen LogP contribution in [0.4, 0.5) is 11.4 Å². The summed E-state index contributed by atoms with van der Waals surface area (Å²) in [6, 6.07) is 14.0. The molecule has 8 heteroatoms. The van der Waals surface area contributed by atoms with Crippen LogP contribution in [0.15, 0.2) is 48.5 Å². The number of benzene rings is 2. The maximum Gasteiger partial charge on any atom is 0.262 e. The Labute approximate surface area is 158 Å². The lowest BCUT2D eigenvalue weighted by atomic mass is 10.2. The van der Waals surface area contributed by atoms with E-state index in [2.05, 4.69) is 5.32 Å². The van der Waals surface area contributed by atoms with Crippen molar-refractivity contribution >= 4 is 27.3 Å². The van der Waals surface area contributed by atoms with Crippen LogP contribution in [0.2, 0.25) is 0 Å². The van der Waals surface area contributed by atoms with Crippen LogP contribution in [-0.4, -0.2) is 40.3 Å². The van der Waals surface area contributed by atoms with Crippen molar-refractivity contribution in [2.24, 2.45) is 0 Å². The first-order valence-electron chi connectivity index (χ1n) is 8.66. The molecule has 1 fully saturated rings. The van der Waals surface area contributed by atoms with Gasteiger partial charge in [-0.25, -0.2) is 8.42 Å². The molecule has 1 N–H and O–H groups in total. The van der Waals surface area contributed by atoms with Crippen LogP contribution in [0.5, 0.6) is 11.5 Å². The number of anilines is 2. The van der Waals surface area contributed by atoms with Gasteiger partial charge in [0.25, 0.3) is 5.91 Å². The topological polar surface area (TPSA) is 84.9 Å². The van der Waals surface area contributed by atoms with E-state index in [4.69, 9.17) is 9.47 Å². The minimum Gasteiger partial charge on any atom is -0.494 e. The molecule has 2 aromatic rings. The van der Waals surface area contributed by atoms with Gasteiger partial charge < -0.3 is 14.8 Å². The van der Waals surface area contributed by atoms with Crippen LogP contribution in [0, 0.1) is 0 Å². The van der Waals surface area contributed by atoms with E-state index in [0.29, 0.717) is 35.8 Å². The Morgan fingerprint density at radius 3 is 2.63 bits per heavy atom. The van der Waals surface area contributed by atoms with Crippen molar-refractivity contribution < 1.29 is 22.7 Å². The molecular weight excluding hydrogens is 368 g/mol. The highest BCUT2D eigenvalue weighted by Crippen LogP contribution is 2.34. The molecule has 0 aliphatic carbocycles. The zero-order chi connectivity index (χ0) is 19.3. The van der Waals surface area contributed by atoms with E-state index in [1.807, 2.05) is 18.2 Å². The average Bonchev–Trinajstić information content (AvgIpc) is 2.67. The van der Waals surface area contributed by atoms with Crippen LogP contribution < -0.4 is 19.1 Å². The first-order valence-corrected chi connectivity index (χ1v) is 10.3. The summed E-state index contributed by atoms with van der Waals surface area (Å²) in [6.07, 6.45) is 1.47. The number of rotatable bonds is 6. The summed E-state index contributed by atoms with van der Waals surface area (Å²) < 4.78 is 36.8. The summed E-state index contributed by atoms with van der Waals surface area (Å²) in [4.78, 5) is 12.1. The molecule has 3 rings (SSSR count). The molecule has 0 aromatic heterocycles. The predicted molar refractivity (Wildman–Crippen MR) is 104 cm³/mol.